The summed E-state index contributed by atoms with van der Waals surface area (Å²) < 4.78 is 5.73. The van der Waals surface area contributed by atoms with E-state index in [0.29, 0.717) is 13.0 Å². The van der Waals surface area contributed by atoms with Crippen LogP contribution in [0.5, 0.6) is 0 Å². The summed E-state index contributed by atoms with van der Waals surface area (Å²) in [7, 11) is 0. The van der Waals surface area contributed by atoms with Gasteiger partial charge in [0.15, 0.2) is 0 Å². The van der Waals surface area contributed by atoms with Gasteiger partial charge in [-0.3, -0.25) is 4.98 Å². The number of aliphatic hydroxyl groups is 1. The topological polar surface area (TPSA) is 42.4 Å². The maximum absolute atomic E-state index is 9.70. The Balaban J connectivity index is 1.95. The molecule has 0 bridgehead atoms. The molecule has 1 aliphatic heterocycles. The minimum Gasteiger partial charge on any atom is -0.393 e. The van der Waals surface area contributed by atoms with Gasteiger partial charge in [-0.25, -0.2) is 0 Å². The lowest BCUT2D eigenvalue weighted by molar-refractivity contribution is -0.0447. The third kappa shape index (κ3) is 2.24. The van der Waals surface area contributed by atoms with E-state index in [2.05, 4.69) is 23.2 Å². The van der Waals surface area contributed by atoms with Crippen molar-refractivity contribution in [3.8, 4) is 0 Å². The van der Waals surface area contributed by atoms with Crippen molar-refractivity contribution in [2.45, 2.75) is 32.0 Å². The molecule has 2 aromatic rings. The molecule has 2 unspecified atom stereocenters. The van der Waals surface area contributed by atoms with Crippen LogP contribution in [0.4, 0.5) is 0 Å². The first-order chi connectivity index (χ1) is 8.72. The maximum Gasteiger partial charge on any atom is 0.0849 e. The van der Waals surface area contributed by atoms with Gasteiger partial charge in [0.05, 0.1) is 17.7 Å². The molecule has 1 aromatic heterocycles. The Morgan fingerprint density at radius 2 is 2.17 bits per heavy atom. The van der Waals surface area contributed by atoms with E-state index in [1.54, 1.807) is 0 Å². The van der Waals surface area contributed by atoms with Gasteiger partial charge in [-0.15, -0.1) is 0 Å². The summed E-state index contributed by atoms with van der Waals surface area (Å²) in [4.78, 5) is 4.49. The number of pyridine rings is 1. The fourth-order valence-electron chi connectivity index (χ4n) is 2.46. The van der Waals surface area contributed by atoms with Crippen molar-refractivity contribution < 1.29 is 9.84 Å². The number of fused-ring (bicyclic) bond motifs is 1. The number of aryl methyl sites for hydroxylation is 1. The number of rotatable bonds is 1. The quantitative estimate of drug-likeness (QED) is 0.837. The molecule has 1 aromatic carbocycles. The average molecular weight is 243 g/mol. The van der Waals surface area contributed by atoms with Crippen molar-refractivity contribution in [1.82, 2.24) is 4.98 Å². The molecule has 2 heterocycles. The molecule has 0 saturated carbocycles. The van der Waals surface area contributed by atoms with Crippen LogP contribution in [0.3, 0.4) is 0 Å². The first kappa shape index (κ1) is 11.6. The number of aromatic nitrogens is 1. The summed E-state index contributed by atoms with van der Waals surface area (Å²) in [6.07, 6.45) is 1.20. The van der Waals surface area contributed by atoms with E-state index in [0.717, 1.165) is 28.6 Å². The Hall–Kier alpha value is -1.45. The van der Waals surface area contributed by atoms with Gasteiger partial charge >= 0.3 is 0 Å². The van der Waals surface area contributed by atoms with Crippen molar-refractivity contribution >= 4 is 10.9 Å². The zero-order valence-corrected chi connectivity index (χ0v) is 10.5. The van der Waals surface area contributed by atoms with Crippen LogP contribution in [0.2, 0.25) is 0 Å². The van der Waals surface area contributed by atoms with Crippen LogP contribution in [0, 0.1) is 6.92 Å². The molecule has 2 atom stereocenters. The summed E-state index contributed by atoms with van der Waals surface area (Å²) in [5.41, 5.74) is 3.17. The highest BCUT2D eigenvalue weighted by atomic mass is 16.5. The number of hydrogen-bond donors (Lipinski definition) is 1. The number of benzene rings is 1. The molecule has 1 saturated heterocycles. The molecule has 1 fully saturated rings. The molecule has 0 radical (unpaired) electrons. The first-order valence-corrected chi connectivity index (χ1v) is 6.39. The van der Waals surface area contributed by atoms with E-state index in [-0.39, 0.29) is 12.2 Å². The Labute approximate surface area is 106 Å². The summed E-state index contributed by atoms with van der Waals surface area (Å²) in [6, 6.07) is 10.3. The third-order valence-corrected chi connectivity index (χ3v) is 3.48. The second-order valence-electron chi connectivity index (χ2n) is 4.94. The summed E-state index contributed by atoms with van der Waals surface area (Å²) in [5.74, 6) is 0. The van der Waals surface area contributed by atoms with Crippen LogP contribution in [-0.4, -0.2) is 22.8 Å². The molecular weight excluding hydrogens is 226 g/mol. The van der Waals surface area contributed by atoms with Gasteiger partial charge in [-0.2, -0.15) is 0 Å². The van der Waals surface area contributed by atoms with Gasteiger partial charge < -0.3 is 9.84 Å². The number of aliphatic hydroxyl groups excluding tert-OH is 1. The predicted molar refractivity (Wildman–Crippen MR) is 70.4 cm³/mol. The van der Waals surface area contributed by atoms with Crippen LogP contribution >= 0.6 is 0 Å². The van der Waals surface area contributed by atoms with Crippen LogP contribution in [0.1, 0.15) is 30.2 Å². The minimum absolute atomic E-state index is 0.0134. The van der Waals surface area contributed by atoms with Gasteiger partial charge in [-0.1, -0.05) is 12.1 Å². The zero-order valence-electron chi connectivity index (χ0n) is 10.5. The second-order valence-corrected chi connectivity index (χ2v) is 4.94. The van der Waals surface area contributed by atoms with Crippen LogP contribution in [0.25, 0.3) is 10.9 Å². The van der Waals surface area contributed by atoms with E-state index in [1.165, 1.54) is 0 Å². The van der Waals surface area contributed by atoms with Crippen LogP contribution in [0.15, 0.2) is 30.3 Å². The number of nitrogens with zero attached hydrogens (tertiary/aromatic N) is 1. The second kappa shape index (κ2) is 4.67. The summed E-state index contributed by atoms with van der Waals surface area (Å²) in [6.45, 7) is 2.63. The fourth-order valence-corrected chi connectivity index (χ4v) is 2.46. The Bertz CT molecular complexity index is 567. The molecule has 3 rings (SSSR count). The Kier molecular flexibility index (Phi) is 3.02. The van der Waals surface area contributed by atoms with Crippen molar-refractivity contribution in [1.29, 1.82) is 0 Å². The van der Waals surface area contributed by atoms with Gasteiger partial charge in [0.2, 0.25) is 0 Å². The molecule has 0 amide bonds. The highest BCUT2D eigenvalue weighted by molar-refractivity contribution is 5.79. The molecule has 1 N–H and O–H groups in total. The first-order valence-electron chi connectivity index (χ1n) is 6.39. The number of ether oxygens (including phenoxy) is 1. The molecule has 94 valence electrons. The van der Waals surface area contributed by atoms with E-state index in [4.69, 9.17) is 4.74 Å². The van der Waals surface area contributed by atoms with Crippen molar-refractivity contribution in [3.05, 3.63) is 41.6 Å². The summed E-state index contributed by atoms with van der Waals surface area (Å²) >= 11 is 0. The highest BCUT2D eigenvalue weighted by Crippen LogP contribution is 2.29. The minimum atomic E-state index is -0.240. The molecule has 18 heavy (non-hydrogen) atoms. The van der Waals surface area contributed by atoms with Crippen molar-refractivity contribution in [2.75, 3.05) is 6.61 Å². The molecular formula is C15H17NO2. The lowest BCUT2D eigenvalue weighted by Gasteiger charge is -2.26. The molecule has 1 aliphatic rings. The van der Waals surface area contributed by atoms with Gasteiger partial charge in [0.1, 0.15) is 0 Å². The van der Waals surface area contributed by atoms with Crippen LogP contribution < -0.4 is 0 Å². The van der Waals surface area contributed by atoms with Gasteiger partial charge in [0, 0.05) is 24.1 Å². The maximum atomic E-state index is 9.70. The van der Waals surface area contributed by atoms with Crippen molar-refractivity contribution in [3.63, 3.8) is 0 Å². The van der Waals surface area contributed by atoms with Gasteiger partial charge in [-0.05, 0) is 37.1 Å². The SMILES string of the molecule is Cc1ccc2cc(C3CC(O)CCO3)ccc2n1. The fraction of sp³-hybridized carbons (Fsp3) is 0.400. The highest BCUT2D eigenvalue weighted by Gasteiger charge is 2.22. The van der Waals surface area contributed by atoms with E-state index < -0.39 is 0 Å². The standard InChI is InChI=1S/C15H17NO2/c1-10-2-3-11-8-12(4-5-14(11)16-10)15-9-13(17)6-7-18-15/h2-5,8,13,15,17H,6-7,9H2,1H3. The molecule has 3 heteroatoms. The molecule has 0 aliphatic carbocycles. The lowest BCUT2D eigenvalue weighted by Crippen LogP contribution is -2.23. The van der Waals surface area contributed by atoms with Gasteiger partial charge in [0.25, 0.3) is 0 Å². The monoisotopic (exact) mass is 243 g/mol. The van der Waals surface area contributed by atoms with Crippen LogP contribution in [-0.2, 0) is 4.74 Å². The normalized spacial score (nSPS) is 24.3. The Morgan fingerprint density at radius 3 is 3.00 bits per heavy atom. The third-order valence-electron chi connectivity index (χ3n) is 3.48. The summed E-state index contributed by atoms with van der Waals surface area (Å²) in [5, 5.41) is 10.8. The lowest BCUT2D eigenvalue weighted by atomic mass is 9.98. The predicted octanol–water partition coefficient (Wildman–Crippen LogP) is 2.76. The van der Waals surface area contributed by atoms with E-state index >= 15 is 0 Å². The average Bonchev–Trinajstić information content (AvgIpc) is 2.38. The Morgan fingerprint density at radius 1 is 1.28 bits per heavy atom. The zero-order chi connectivity index (χ0) is 12.5. The molecule has 3 nitrogen and oxygen atoms in total. The van der Waals surface area contributed by atoms with E-state index in [9.17, 15) is 5.11 Å². The largest absolute Gasteiger partial charge is 0.393 e. The molecule has 0 spiro atoms. The van der Waals surface area contributed by atoms with Crippen molar-refractivity contribution in [2.24, 2.45) is 0 Å². The number of hydrogen-bond acceptors (Lipinski definition) is 3. The smallest absolute Gasteiger partial charge is 0.0849 e. The van der Waals surface area contributed by atoms with E-state index in [1.807, 2.05) is 19.1 Å².